The van der Waals surface area contributed by atoms with Gasteiger partial charge in [0.2, 0.25) is 6.10 Å². The molecule has 0 fully saturated rings. The first kappa shape index (κ1) is 12.6. The Balaban J connectivity index is 4.19. The lowest BCUT2D eigenvalue weighted by Crippen LogP contribution is -2.36. The molecule has 0 amide bonds. The number of nitrogens with two attached hydrogens (primary N) is 1. The van der Waals surface area contributed by atoms with Crippen molar-refractivity contribution in [1.29, 1.82) is 0 Å². The van der Waals surface area contributed by atoms with Crippen LogP contribution in [0, 0.1) is 12.3 Å². The Morgan fingerprint density at radius 2 is 2.21 bits per heavy atom. The largest absolute Gasteiger partial charge is 0.464 e. The van der Waals surface area contributed by atoms with Crippen molar-refractivity contribution in [3.8, 4) is 12.3 Å². The van der Waals surface area contributed by atoms with E-state index in [1.54, 1.807) is 6.92 Å². The molecular weight excluding hydrogens is 186 g/mol. The maximum Gasteiger partial charge on any atom is 0.345 e. The number of terminal acetylenes is 1. The van der Waals surface area contributed by atoms with Crippen molar-refractivity contribution in [3.63, 3.8) is 0 Å². The van der Waals surface area contributed by atoms with E-state index in [9.17, 15) is 9.59 Å². The van der Waals surface area contributed by atoms with E-state index in [4.69, 9.17) is 12.3 Å². The smallest absolute Gasteiger partial charge is 0.345 e. The van der Waals surface area contributed by atoms with Gasteiger partial charge in [0.15, 0.2) is 5.78 Å². The van der Waals surface area contributed by atoms with E-state index < -0.39 is 17.9 Å². The topological polar surface area (TPSA) is 78.6 Å². The fourth-order valence-electron chi connectivity index (χ4n) is 0.807. The summed E-state index contributed by atoms with van der Waals surface area (Å²) in [5, 5.41) is 0. The van der Waals surface area contributed by atoms with E-state index in [0.29, 0.717) is 0 Å². The average molecular weight is 199 g/mol. The van der Waals surface area contributed by atoms with Gasteiger partial charge in [0.05, 0.1) is 6.61 Å². The summed E-state index contributed by atoms with van der Waals surface area (Å²) in [5.41, 5.74) is 0. The molecule has 5 heteroatoms. The fourth-order valence-corrected chi connectivity index (χ4v) is 0.807. The number of esters is 1. The zero-order chi connectivity index (χ0) is 11.0. The van der Waals surface area contributed by atoms with Gasteiger partial charge in [0.1, 0.15) is 0 Å². The molecule has 78 valence electrons. The molecule has 0 aliphatic carbocycles. The Morgan fingerprint density at radius 1 is 1.57 bits per heavy atom. The van der Waals surface area contributed by atoms with Crippen LogP contribution in [0.15, 0.2) is 0 Å². The normalized spacial score (nSPS) is 11.5. The van der Waals surface area contributed by atoms with Gasteiger partial charge >= 0.3 is 5.97 Å². The third-order valence-corrected chi connectivity index (χ3v) is 1.44. The molecule has 0 spiro atoms. The standard InChI is InChI=1S/C9H13NO4/c1-3-5-6-7(11)8(14-10)9(12)13-4-2/h1,8H,4-6,10H2,2H3. The Hall–Kier alpha value is -1.38. The Morgan fingerprint density at radius 3 is 2.64 bits per heavy atom. The summed E-state index contributed by atoms with van der Waals surface area (Å²) in [5.74, 6) is 5.83. The van der Waals surface area contributed by atoms with Crippen LogP contribution in [0.5, 0.6) is 0 Å². The van der Waals surface area contributed by atoms with Crippen LogP contribution in [0.4, 0.5) is 0 Å². The second kappa shape index (κ2) is 7.06. The molecule has 5 nitrogen and oxygen atoms in total. The number of carbonyl (C=O) groups is 2. The lowest BCUT2D eigenvalue weighted by Gasteiger charge is -2.10. The van der Waals surface area contributed by atoms with E-state index in [0.717, 1.165) is 0 Å². The molecule has 0 rings (SSSR count). The first-order chi connectivity index (χ1) is 6.67. The van der Waals surface area contributed by atoms with Gasteiger partial charge < -0.3 is 4.74 Å². The highest BCUT2D eigenvalue weighted by atomic mass is 16.7. The maximum atomic E-state index is 11.2. The predicted octanol–water partition coefficient (Wildman–Crippen LogP) is -0.209. The summed E-state index contributed by atoms with van der Waals surface area (Å²) in [6, 6.07) is 0. The van der Waals surface area contributed by atoms with Crippen molar-refractivity contribution in [2.75, 3.05) is 6.61 Å². The number of hydrogen-bond acceptors (Lipinski definition) is 5. The molecule has 0 aliphatic rings. The lowest BCUT2D eigenvalue weighted by molar-refractivity contribution is -0.161. The van der Waals surface area contributed by atoms with E-state index in [1.807, 2.05) is 0 Å². The van der Waals surface area contributed by atoms with Crippen LogP contribution < -0.4 is 5.90 Å². The second-order valence-electron chi connectivity index (χ2n) is 2.44. The number of ether oxygens (including phenoxy) is 1. The van der Waals surface area contributed by atoms with Crippen molar-refractivity contribution in [2.24, 2.45) is 5.90 Å². The van der Waals surface area contributed by atoms with Gasteiger partial charge in [0.25, 0.3) is 0 Å². The summed E-state index contributed by atoms with van der Waals surface area (Å²) in [4.78, 5) is 26.6. The first-order valence-electron chi connectivity index (χ1n) is 4.15. The van der Waals surface area contributed by atoms with Gasteiger partial charge in [-0.05, 0) is 6.92 Å². The van der Waals surface area contributed by atoms with Crippen LogP contribution in [0.1, 0.15) is 19.8 Å². The SMILES string of the molecule is C#CCCC(=O)C(ON)C(=O)OCC. The minimum Gasteiger partial charge on any atom is -0.464 e. The van der Waals surface area contributed by atoms with Crippen molar-refractivity contribution in [3.05, 3.63) is 0 Å². The van der Waals surface area contributed by atoms with Crippen LogP contribution in [0.2, 0.25) is 0 Å². The first-order valence-corrected chi connectivity index (χ1v) is 4.15. The van der Waals surface area contributed by atoms with Crippen molar-refractivity contribution in [1.82, 2.24) is 0 Å². The molecule has 0 aromatic heterocycles. The maximum absolute atomic E-state index is 11.2. The van der Waals surface area contributed by atoms with E-state index in [2.05, 4.69) is 15.5 Å². The third kappa shape index (κ3) is 4.03. The Kier molecular flexibility index (Phi) is 6.37. The van der Waals surface area contributed by atoms with E-state index in [1.165, 1.54) is 0 Å². The van der Waals surface area contributed by atoms with Crippen molar-refractivity contribution in [2.45, 2.75) is 25.9 Å². The highest BCUT2D eigenvalue weighted by Crippen LogP contribution is 2.00. The van der Waals surface area contributed by atoms with Crippen LogP contribution in [-0.4, -0.2) is 24.5 Å². The average Bonchev–Trinajstić information content (AvgIpc) is 2.16. The predicted molar refractivity (Wildman–Crippen MR) is 48.8 cm³/mol. The molecule has 0 radical (unpaired) electrons. The lowest BCUT2D eigenvalue weighted by atomic mass is 10.1. The summed E-state index contributed by atoms with van der Waals surface area (Å²) >= 11 is 0. The molecule has 0 aromatic rings. The minimum atomic E-state index is -1.36. The molecule has 1 unspecified atom stereocenters. The third-order valence-electron chi connectivity index (χ3n) is 1.44. The number of hydrogen-bond donors (Lipinski definition) is 1. The number of rotatable bonds is 6. The van der Waals surface area contributed by atoms with Crippen molar-refractivity contribution < 1.29 is 19.2 Å². The quantitative estimate of drug-likeness (QED) is 0.277. The molecule has 0 aliphatic heterocycles. The number of ketones is 1. The summed E-state index contributed by atoms with van der Waals surface area (Å²) in [6.45, 7) is 1.79. The molecule has 14 heavy (non-hydrogen) atoms. The number of Topliss-reactive ketones (excluding diaryl/α,β-unsaturated/α-hetero) is 1. The van der Waals surface area contributed by atoms with Crippen LogP contribution in [-0.2, 0) is 19.2 Å². The Labute approximate surface area is 82.5 Å². The molecule has 1 atom stereocenters. The second-order valence-corrected chi connectivity index (χ2v) is 2.44. The van der Waals surface area contributed by atoms with Crippen LogP contribution in [0.25, 0.3) is 0 Å². The molecule has 0 saturated carbocycles. The zero-order valence-electron chi connectivity index (χ0n) is 7.99. The fraction of sp³-hybridized carbons (Fsp3) is 0.556. The highest BCUT2D eigenvalue weighted by molar-refractivity contribution is 6.02. The van der Waals surface area contributed by atoms with Gasteiger partial charge in [-0.15, -0.1) is 12.3 Å². The Bertz CT molecular complexity index is 244. The van der Waals surface area contributed by atoms with Gasteiger partial charge in [-0.2, -0.15) is 0 Å². The van der Waals surface area contributed by atoms with Crippen LogP contribution in [0.3, 0.4) is 0 Å². The zero-order valence-corrected chi connectivity index (χ0v) is 7.99. The van der Waals surface area contributed by atoms with Gasteiger partial charge in [-0.1, -0.05) is 0 Å². The molecule has 0 bridgehead atoms. The molecule has 2 N–H and O–H groups in total. The van der Waals surface area contributed by atoms with Crippen molar-refractivity contribution >= 4 is 11.8 Å². The summed E-state index contributed by atoms with van der Waals surface area (Å²) in [6.07, 6.45) is 3.91. The molecule has 0 aromatic carbocycles. The van der Waals surface area contributed by atoms with Gasteiger partial charge in [0, 0.05) is 12.8 Å². The minimum absolute atomic E-state index is 0.0528. The molecule has 0 heterocycles. The molecular formula is C9H13NO4. The van der Waals surface area contributed by atoms with Crippen LogP contribution >= 0.6 is 0 Å². The molecule has 0 saturated heterocycles. The van der Waals surface area contributed by atoms with E-state index >= 15 is 0 Å². The van der Waals surface area contributed by atoms with E-state index in [-0.39, 0.29) is 19.4 Å². The van der Waals surface area contributed by atoms with Gasteiger partial charge in [-0.25, -0.2) is 10.7 Å². The highest BCUT2D eigenvalue weighted by Gasteiger charge is 2.27. The van der Waals surface area contributed by atoms with Gasteiger partial charge in [-0.3, -0.25) is 9.63 Å². The monoisotopic (exact) mass is 199 g/mol. The summed E-state index contributed by atoms with van der Waals surface area (Å²) in [7, 11) is 0. The summed E-state index contributed by atoms with van der Waals surface area (Å²) < 4.78 is 4.58. The number of carbonyl (C=O) groups excluding carboxylic acids is 2.